The predicted octanol–water partition coefficient (Wildman–Crippen LogP) is 1.31. The summed E-state index contributed by atoms with van der Waals surface area (Å²) in [5, 5.41) is 9.54. The zero-order chi connectivity index (χ0) is 10.9. The second kappa shape index (κ2) is 3.93. The first-order valence-corrected chi connectivity index (χ1v) is 5.25. The molecule has 1 atom stereocenters. The molecular formula is C12H17NO2. The molecule has 0 heterocycles. The molecule has 0 saturated heterocycles. The maximum atomic E-state index is 9.54. The highest BCUT2D eigenvalue weighted by Crippen LogP contribution is 2.48. The zero-order valence-corrected chi connectivity index (χ0v) is 8.94. The maximum Gasteiger partial charge on any atom is 0.0929 e. The van der Waals surface area contributed by atoms with Gasteiger partial charge in [0.25, 0.3) is 0 Å². The van der Waals surface area contributed by atoms with E-state index in [0.29, 0.717) is 0 Å². The van der Waals surface area contributed by atoms with Crippen molar-refractivity contribution >= 4 is 0 Å². The van der Waals surface area contributed by atoms with Crippen LogP contribution in [0.1, 0.15) is 30.1 Å². The van der Waals surface area contributed by atoms with Gasteiger partial charge in [-0.2, -0.15) is 0 Å². The zero-order valence-electron chi connectivity index (χ0n) is 8.94. The molecule has 15 heavy (non-hydrogen) atoms. The molecule has 3 heteroatoms. The van der Waals surface area contributed by atoms with Crippen molar-refractivity contribution in [2.75, 3.05) is 13.7 Å². The van der Waals surface area contributed by atoms with E-state index in [0.717, 1.165) is 18.4 Å². The van der Waals surface area contributed by atoms with Crippen molar-refractivity contribution in [3.8, 4) is 0 Å². The largest absolute Gasteiger partial charge is 0.387 e. The first-order chi connectivity index (χ1) is 7.22. The minimum atomic E-state index is -0.559. The molecule has 3 N–H and O–H groups in total. The number of rotatable bonds is 4. The smallest absolute Gasteiger partial charge is 0.0929 e. The van der Waals surface area contributed by atoms with E-state index in [-0.39, 0.29) is 12.1 Å². The summed E-state index contributed by atoms with van der Waals surface area (Å²) < 4.78 is 5.47. The minimum absolute atomic E-state index is 0.0494. The summed E-state index contributed by atoms with van der Waals surface area (Å²) in [6.45, 7) is 0.259. The van der Waals surface area contributed by atoms with Gasteiger partial charge in [0.15, 0.2) is 0 Å². The fraction of sp³-hybridized carbons (Fsp3) is 0.500. The summed E-state index contributed by atoms with van der Waals surface area (Å²) in [5.74, 6) is 0. The molecule has 1 saturated carbocycles. The van der Waals surface area contributed by atoms with Crippen LogP contribution >= 0.6 is 0 Å². The normalized spacial score (nSPS) is 19.9. The van der Waals surface area contributed by atoms with Gasteiger partial charge >= 0.3 is 0 Å². The lowest BCUT2D eigenvalue weighted by Gasteiger charge is -2.15. The number of methoxy groups -OCH3 is 1. The van der Waals surface area contributed by atoms with Crippen LogP contribution in [0, 0.1) is 0 Å². The molecule has 0 amide bonds. The fourth-order valence-corrected chi connectivity index (χ4v) is 1.87. The van der Waals surface area contributed by atoms with E-state index in [2.05, 4.69) is 0 Å². The number of benzene rings is 1. The number of hydrogen-bond acceptors (Lipinski definition) is 3. The number of ether oxygens (including phenoxy) is 1. The average Bonchev–Trinajstić information content (AvgIpc) is 3.09. The Bertz CT molecular complexity index is 330. The third-order valence-electron chi connectivity index (χ3n) is 3.14. The monoisotopic (exact) mass is 207 g/mol. The Balaban J connectivity index is 2.17. The van der Waals surface area contributed by atoms with Crippen LogP contribution in [-0.2, 0) is 10.3 Å². The first-order valence-electron chi connectivity index (χ1n) is 5.25. The van der Waals surface area contributed by atoms with Gasteiger partial charge in [-0.1, -0.05) is 24.3 Å². The van der Waals surface area contributed by atoms with Gasteiger partial charge in [-0.05, 0) is 24.0 Å². The molecule has 1 aromatic rings. The van der Waals surface area contributed by atoms with Crippen LogP contribution in [0.5, 0.6) is 0 Å². The molecule has 0 radical (unpaired) electrons. The SMILES string of the molecule is COC1(c2ccc(C(O)CN)cc2)CC1. The molecule has 3 nitrogen and oxygen atoms in total. The van der Waals surface area contributed by atoms with Crippen LogP contribution in [-0.4, -0.2) is 18.8 Å². The second-order valence-electron chi connectivity index (χ2n) is 4.07. The Morgan fingerprint density at radius 1 is 1.40 bits per heavy atom. The standard InChI is InChI=1S/C12H17NO2/c1-15-12(6-7-12)10-4-2-9(3-5-10)11(14)8-13/h2-5,11,14H,6-8,13H2,1H3. The highest BCUT2D eigenvalue weighted by molar-refractivity contribution is 5.32. The van der Waals surface area contributed by atoms with Gasteiger partial charge in [0.2, 0.25) is 0 Å². The van der Waals surface area contributed by atoms with Crippen molar-refractivity contribution in [3.63, 3.8) is 0 Å². The Morgan fingerprint density at radius 3 is 2.40 bits per heavy atom. The first kappa shape index (κ1) is 10.6. The molecule has 0 aromatic heterocycles. The van der Waals surface area contributed by atoms with Crippen molar-refractivity contribution in [2.45, 2.75) is 24.5 Å². The summed E-state index contributed by atoms with van der Waals surface area (Å²) in [7, 11) is 1.75. The van der Waals surface area contributed by atoms with Gasteiger partial charge in [-0.3, -0.25) is 0 Å². The quantitative estimate of drug-likeness (QED) is 0.782. The topological polar surface area (TPSA) is 55.5 Å². The Morgan fingerprint density at radius 2 is 2.00 bits per heavy atom. The van der Waals surface area contributed by atoms with E-state index in [9.17, 15) is 5.11 Å². The van der Waals surface area contributed by atoms with E-state index in [1.807, 2.05) is 24.3 Å². The maximum absolute atomic E-state index is 9.54. The van der Waals surface area contributed by atoms with Gasteiger partial charge in [0, 0.05) is 13.7 Å². The molecule has 0 bridgehead atoms. The van der Waals surface area contributed by atoms with E-state index in [1.165, 1.54) is 5.56 Å². The third kappa shape index (κ3) is 1.91. The van der Waals surface area contributed by atoms with Gasteiger partial charge in [-0.25, -0.2) is 0 Å². The summed E-state index contributed by atoms with van der Waals surface area (Å²) in [5.41, 5.74) is 7.40. The predicted molar refractivity (Wildman–Crippen MR) is 58.4 cm³/mol. The molecular weight excluding hydrogens is 190 g/mol. The third-order valence-corrected chi connectivity index (χ3v) is 3.14. The molecule has 0 aliphatic heterocycles. The average molecular weight is 207 g/mol. The number of nitrogens with two attached hydrogens (primary N) is 1. The van der Waals surface area contributed by atoms with Crippen molar-refractivity contribution in [3.05, 3.63) is 35.4 Å². The van der Waals surface area contributed by atoms with E-state index >= 15 is 0 Å². The van der Waals surface area contributed by atoms with Gasteiger partial charge in [-0.15, -0.1) is 0 Å². The molecule has 1 aliphatic rings. The molecule has 1 aromatic carbocycles. The van der Waals surface area contributed by atoms with Crippen molar-refractivity contribution in [1.29, 1.82) is 0 Å². The minimum Gasteiger partial charge on any atom is -0.387 e. The van der Waals surface area contributed by atoms with Crippen molar-refractivity contribution < 1.29 is 9.84 Å². The highest BCUT2D eigenvalue weighted by Gasteiger charge is 2.44. The van der Waals surface area contributed by atoms with Crippen LogP contribution in [0.2, 0.25) is 0 Å². The lowest BCUT2D eigenvalue weighted by atomic mass is 10.0. The van der Waals surface area contributed by atoms with Crippen LogP contribution in [0.4, 0.5) is 0 Å². The molecule has 82 valence electrons. The van der Waals surface area contributed by atoms with Crippen LogP contribution in [0.25, 0.3) is 0 Å². The van der Waals surface area contributed by atoms with Crippen molar-refractivity contribution in [1.82, 2.24) is 0 Å². The summed E-state index contributed by atoms with van der Waals surface area (Å²) >= 11 is 0. The van der Waals surface area contributed by atoms with Crippen molar-refractivity contribution in [2.24, 2.45) is 5.73 Å². The molecule has 2 rings (SSSR count). The van der Waals surface area contributed by atoms with Crippen LogP contribution in [0.3, 0.4) is 0 Å². The number of aliphatic hydroxyl groups is 1. The molecule has 1 unspecified atom stereocenters. The summed E-state index contributed by atoms with van der Waals surface area (Å²) in [4.78, 5) is 0. The number of aliphatic hydroxyl groups excluding tert-OH is 1. The van der Waals surface area contributed by atoms with E-state index in [4.69, 9.17) is 10.5 Å². The lowest BCUT2D eigenvalue weighted by molar-refractivity contribution is 0.0788. The Kier molecular flexibility index (Phi) is 2.78. The molecule has 1 fully saturated rings. The Labute approximate surface area is 89.9 Å². The lowest BCUT2D eigenvalue weighted by Crippen LogP contribution is -2.12. The highest BCUT2D eigenvalue weighted by atomic mass is 16.5. The fourth-order valence-electron chi connectivity index (χ4n) is 1.87. The summed E-state index contributed by atoms with van der Waals surface area (Å²) in [6.07, 6.45) is 1.61. The molecule has 1 aliphatic carbocycles. The van der Waals surface area contributed by atoms with Gasteiger partial charge < -0.3 is 15.6 Å². The number of hydrogen-bond donors (Lipinski definition) is 2. The van der Waals surface area contributed by atoms with Gasteiger partial charge in [0.05, 0.1) is 11.7 Å². The summed E-state index contributed by atoms with van der Waals surface area (Å²) in [6, 6.07) is 7.88. The Hall–Kier alpha value is -0.900. The molecule has 0 spiro atoms. The van der Waals surface area contributed by atoms with Crippen LogP contribution in [0.15, 0.2) is 24.3 Å². The van der Waals surface area contributed by atoms with Gasteiger partial charge in [0.1, 0.15) is 0 Å². The second-order valence-corrected chi connectivity index (χ2v) is 4.07. The van der Waals surface area contributed by atoms with Crippen LogP contribution < -0.4 is 5.73 Å². The van der Waals surface area contributed by atoms with E-state index in [1.54, 1.807) is 7.11 Å². The van der Waals surface area contributed by atoms with E-state index < -0.39 is 6.10 Å².